The Morgan fingerprint density at radius 3 is 2.62 bits per heavy atom. The van der Waals surface area contributed by atoms with E-state index in [1.54, 1.807) is 49.4 Å². The molecule has 0 saturated heterocycles. The molecular formula is C26H34FN3O4. The third-order valence-electron chi connectivity index (χ3n) is 6.23. The number of amides is 2. The Morgan fingerprint density at radius 2 is 1.94 bits per heavy atom. The van der Waals surface area contributed by atoms with Crippen molar-refractivity contribution < 1.29 is 23.5 Å². The zero-order valence-electron chi connectivity index (χ0n) is 20.5. The van der Waals surface area contributed by atoms with Crippen LogP contribution in [0.3, 0.4) is 0 Å². The highest BCUT2D eigenvalue weighted by Crippen LogP contribution is 2.27. The summed E-state index contributed by atoms with van der Waals surface area (Å²) in [6.45, 7) is 7.26. The van der Waals surface area contributed by atoms with Gasteiger partial charge in [0.25, 0.3) is 5.91 Å². The van der Waals surface area contributed by atoms with Crippen molar-refractivity contribution >= 4 is 17.5 Å². The molecule has 0 aliphatic carbocycles. The first-order chi connectivity index (χ1) is 16.2. The summed E-state index contributed by atoms with van der Waals surface area (Å²) in [6.07, 6.45) is -0.202. The van der Waals surface area contributed by atoms with Crippen molar-refractivity contribution in [3.63, 3.8) is 0 Å². The van der Waals surface area contributed by atoms with Gasteiger partial charge < -0.3 is 19.7 Å². The molecule has 0 bridgehead atoms. The van der Waals surface area contributed by atoms with Gasteiger partial charge in [-0.25, -0.2) is 4.39 Å². The molecule has 1 aliphatic rings. The van der Waals surface area contributed by atoms with E-state index in [1.165, 1.54) is 13.0 Å². The number of hydrogen-bond acceptors (Lipinski definition) is 5. The molecule has 3 rings (SSSR count). The van der Waals surface area contributed by atoms with E-state index in [1.807, 2.05) is 13.0 Å². The molecule has 0 spiro atoms. The van der Waals surface area contributed by atoms with Gasteiger partial charge in [-0.05, 0) is 31.0 Å². The number of ether oxygens (including phenoxy) is 2. The van der Waals surface area contributed by atoms with Gasteiger partial charge >= 0.3 is 0 Å². The quantitative estimate of drug-likeness (QED) is 0.735. The van der Waals surface area contributed by atoms with Crippen molar-refractivity contribution in [2.24, 2.45) is 5.92 Å². The van der Waals surface area contributed by atoms with E-state index in [9.17, 15) is 14.0 Å². The molecule has 1 aliphatic heterocycles. The summed E-state index contributed by atoms with van der Waals surface area (Å²) in [5.41, 5.74) is 1.57. The summed E-state index contributed by atoms with van der Waals surface area (Å²) in [7, 11) is 3.38. The summed E-state index contributed by atoms with van der Waals surface area (Å²) in [5, 5.41) is 2.73. The average molecular weight is 472 g/mol. The Bertz CT molecular complexity index is 1020. The van der Waals surface area contributed by atoms with Crippen LogP contribution in [0.2, 0.25) is 0 Å². The molecule has 2 aromatic rings. The predicted molar refractivity (Wildman–Crippen MR) is 129 cm³/mol. The van der Waals surface area contributed by atoms with Gasteiger partial charge in [0.2, 0.25) is 5.91 Å². The smallest absolute Gasteiger partial charge is 0.257 e. The van der Waals surface area contributed by atoms with Crippen molar-refractivity contribution in [3.8, 4) is 5.75 Å². The Labute approximate surface area is 200 Å². The first-order valence-electron chi connectivity index (χ1n) is 11.5. The highest BCUT2D eigenvalue weighted by molar-refractivity contribution is 5.98. The van der Waals surface area contributed by atoms with Gasteiger partial charge in [0.1, 0.15) is 18.2 Å². The van der Waals surface area contributed by atoms with Gasteiger partial charge in [0.05, 0.1) is 11.7 Å². The minimum absolute atomic E-state index is 0.0792. The topological polar surface area (TPSA) is 71.1 Å². The van der Waals surface area contributed by atoms with Gasteiger partial charge in [-0.3, -0.25) is 14.5 Å². The van der Waals surface area contributed by atoms with Crippen molar-refractivity contribution in [2.75, 3.05) is 39.2 Å². The highest BCUT2D eigenvalue weighted by Gasteiger charge is 2.28. The van der Waals surface area contributed by atoms with Crippen molar-refractivity contribution in [1.29, 1.82) is 0 Å². The van der Waals surface area contributed by atoms with Gasteiger partial charge in [-0.1, -0.05) is 25.1 Å². The lowest BCUT2D eigenvalue weighted by molar-refractivity contribution is -0.114. The summed E-state index contributed by atoms with van der Waals surface area (Å²) in [5.74, 6) is -0.167. The number of benzene rings is 2. The Kier molecular flexibility index (Phi) is 8.63. The lowest BCUT2D eigenvalue weighted by Crippen LogP contribution is -2.46. The second kappa shape index (κ2) is 11.4. The number of likely N-dealkylation sites (N-methyl/N-ethyl adjacent to an activating group) is 1. The molecule has 2 amide bonds. The SMILES string of the molecule is CO[C@@H]1CN(C)C(=O)c2ccc(NC(C)=O)cc2OC[C@@H](C)N(Cc2ccccc2F)C[C@@H]1C. The van der Waals surface area contributed by atoms with E-state index in [4.69, 9.17) is 9.47 Å². The number of nitrogens with one attached hydrogen (secondary N) is 1. The third-order valence-corrected chi connectivity index (χ3v) is 6.23. The largest absolute Gasteiger partial charge is 0.491 e. The molecule has 1 N–H and O–H groups in total. The zero-order valence-corrected chi connectivity index (χ0v) is 20.5. The van der Waals surface area contributed by atoms with Crippen LogP contribution in [-0.4, -0.2) is 67.6 Å². The Morgan fingerprint density at radius 1 is 1.21 bits per heavy atom. The normalized spacial score (nSPS) is 22.2. The molecule has 0 radical (unpaired) electrons. The fourth-order valence-corrected chi connectivity index (χ4v) is 4.19. The number of anilines is 1. The minimum Gasteiger partial charge on any atom is -0.491 e. The maximum atomic E-state index is 14.4. The van der Waals surface area contributed by atoms with Crippen LogP contribution in [0.25, 0.3) is 0 Å². The Balaban J connectivity index is 1.96. The molecule has 0 saturated carbocycles. The number of carbonyl (C=O) groups is 2. The fraction of sp³-hybridized carbons (Fsp3) is 0.462. The third kappa shape index (κ3) is 6.33. The lowest BCUT2D eigenvalue weighted by atomic mass is 10.0. The maximum absolute atomic E-state index is 14.4. The van der Waals surface area contributed by atoms with E-state index in [0.717, 1.165) is 0 Å². The average Bonchev–Trinajstić information content (AvgIpc) is 2.80. The molecule has 0 aromatic heterocycles. The number of methoxy groups -OCH3 is 1. The van der Waals surface area contributed by atoms with Crippen LogP contribution in [0.5, 0.6) is 5.75 Å². The number of nitrogens with zero attached hydrogens (tertiary/aromatic N) is 2. The standard InChI is InChI=1S/C26H34FN3O4/c1-17-13-30(14-20-8-6-7-9-23(20)27)18(2)16-34-24-12-21(28-19(3)31)10-11-22(24)26(32)29(4)15-25(17)33-5/h6-12,17-18,25H,13-16H2,1-5H3,(H,28,31)/t17-,18+,25+/m0/s1. The van der Waals surface area contributed by atoms with Crippen LogP contribution >= 0.6 is 0 Å². The zero-order chi connectivity index (χ0) is 24.8. The number of fused-ring (bicyclic) bond motifs is 1. The number of carbonyl (C=O) groups excluding carboxylic acids is 2. The monoisotopic (exact) mass is 471 g/mol. The summed E-state index contributed by atoms with van der Waals surface area (Å²) >= 11 is 0. The maximum Gasteiger partial charge on any atom is 0.257 e. The van der Waals surface area contributed by atoms with E-state index in [2.05, 4.69) is 17.1 Å². The first kappa shape index (κ1) is 25.6. The molecule has 8 heteroatoms. The molecule has 3 atom stereocenters. The van der Waals surface area contributed by atoms with Crippen LogP contribution in [0.15, 0.2) is 42.5 Å². The molecule has 1 heterocycles. The van der Waals surface area contributed by atoms with Crippen molar-refractivity contribution in [2.45, 2.75) is 39.5 Å². The van der Waals surface area contributed by atoms with Crippen LogP contribution < -0.4 is 10.1 Å². The molecule has 184 valence electrons. The first-order valence-corrected chi connectivity index (χ1v) is 11.5. The van der Waals surface area contributed by atoms with E-state index in [0.29, 0.717) is 42.2 Å². The lowest BCUT2D eigenvalue weighted by Gasteiger charge is -2.36. The van der Waals surface area contributed by atoms with E-state index in [-0.39, 0.29) is 42.3 Å². The van der Waals surface area contributed by atoms with Crippen molar-refractivity contribution in [1.82, 2.24) is 9.80 Å². The van der Waals surface area contributed by atoms with Gasteiger partial charge in [0, 0.05) is 64.1 Å². The Hall–Kier alpha value is -2.97. The molecular weight excluding hydrogens is 437 g/mol. The predicted octanol–water partition coefficient (Wildman–Crippen LogP) is 3.79. The highest BCUT2D eigenvalue weighted by atomic mass is 19.1. The molecule has 7 nitrogen and oxygen atoms in total. The number of halogens is 1. The van der Waals surface area contributed by atoms with E-state index < -0.39 is 0 Å². The number of hydrogen-bond donors (Lipinski definition) is 1. The van der Waals surface area contributed by atoms with Crippen molar-refractivity contribution in [3.05, 3.63) is 59.4 Å². The molecule has 2 aromatic carbocycles. The minimum atomic E-state index is -0.242. The molecule has 0 fully saturated rings. The summed E-state index contributed by atoms with van der Waals surface area (Å²) in [4.78, 5) is 28.6. The number of rotatable bonds is 4. The van der Waals surface area contributed by atoms with Crippen LogP contribution in [0.1, 0.15) is 36.7 Å². The van der Waals surface area contributed by atoms with Crippen LogP contribution in [0.4, 0.5) is 10.1 Å². The summed E-state index contributed by atoms with van der Waals surface area (Å²) < 4.78 is 26.3. The van der Waals surface area contributed by atoms with Crippen LogP contribution in [-0.2, 0) is 16.1 Å². The van der Waals surface area contributed by atoms with Gasteiger partial charge in [-0.2, -0.15) is 0 Å². The van der Waals surface area contributed by atoms with Gasteiger partial charge in [-0.15, -0.1) is 0 Å². The van der Waals surface area contributed by atoms with Gasteiger partial charge in [0.15, 0.2) is 0 Å². The summed E-state index contributed by atoms with van der Waals surface area (Å²) in [6, 6.07) is 11.7. The fourth-order valence-electron chi connectivity index (χ4n) is 4.19. The van der Waals surface area contributed by atoms with E-state index >= 15 is 0 Å². The second-order valence-corrected chi connectivity index (χ2v) is 9.01. The van der Waals surface area contributed by atoms with Crippen LogP contribution in [0, 0.1) is 11.7 Å². The molecule has 34 heavy (non-hydrogen) atoms. The second-order valence-electron chi connectivity index (χ2n) is 9.01. The molecule has 0 unspecified atom stereocenters.